The van der Waals surface area contributed by atoms with Crippen LogP contribution in [0.4, 0.5) is 4.39 Å². The van der Waals surface area contributed by atoms with E-state index in [0.717, 1.165) is 19.3 Å². The number of aryl methyl sites for hydroxylation is 1. The second-order valence-electron chi connectivity index (χ2n) is 5.95. The number of hydrogen-bond acceptors (Lipinski definition) is 4. The lowest BCUT2D eigenvalue weighted by Gasteiger charge is -2.36. The van der Waals surface area contributed by atoms with Gasteiger partial charge in [-0.1, -0.05) is 12.1 Å². The first-order valence-corrected chi connectivity index (χ1v) is 7.74. The Kier molecular flexibility index (Phi) is 4.43. The van der Waals surface area contributed by atoms with E-state index in [9.17, 15) is 14.3 Å². The van der Waals surface area contributed by atoms with E-state index in [0.29, 0.717) is 23.6 Å². The molecule has 5 nitrogen and oxygen atoms in total. The van der Waals surface area contributed by atoms with E-state index in [1.807, 2.05) is 0 Å². The van der Waals surface area contributed by atoms with Gasteiger partial charge >= 0.3 is 0 Å². The smallest absolute Gasteiger partial charge is 0.220 e. The van der Waals surface area contributed by atoms with Crippen LogP contribution in [0, 0.1) is 5.82 Å². The lowest BCUT2D eigenvalue weighted by atomic mass is 9.80. The van der Waals surface area contributed by atoms with Gasteiger partial charge in [-0.25, -0.2) is 9.37 Å². The van der Waals surface area contributed by atoms with Crippen molar-refractivity contribution in [2.24, 2.45) is 0 Å². The summed E-state index contributed by atoms with van der Waals surface area (Å²) < 4.78 is 19.2. The van der Waals surface area contributed by atoms with Gasteiger partial charge in [-0.15, -0.1) is 0 Å². The maximum atomic E-state index is 13.7. The van der Waals surface area contributed by atoms with Gasteiger partial charge < -0.3 is 14.8 Å². The van der Waals surface area contributed by atoms with Crippen LogP contribution in [0.3, 0.4) is 0 Å². The van der Waals surface area contributed by atoms with E-state index in [1.54, 1.807) is 18.2 Å². The van der Waals surface area contributed by atoms with Crippen LogP contribution in [-0.2, 0) is 11.2 Å². The van der Waals surface area contributed by atoms with Crippen molar-refractivity contribution in [3.05, 3.63) is 42.2 Å². The van der Waals surface area contributed by atoms with Crippen molar-refractivity contribution >= 4 is 5.91 Å². The molecule has 0 bridgehead atoms. The first kappa shape index (κ1) is 15.7. The number of aliphatic hydroxyl groups is 1. The lowest BCUT2D eigenvalue weighted by Crippen LogP contribution is -2.47. The van der Waals surface area contributed by atoms with Crippen molar-refractivity contribution < 1.29 is 18.7 Å². The van der Waals surface area contributed by atoms with Crippen molar-refractivity contribution in [3.63, 3.8) is 0 Å². The van der Waals surface area contributed by atoms with Crippen molar-refractivity contribution in [3.8, 4) is 11.3 Å². The maximum absolute atomic E-state index is 13.7. The molecule has 1 saturated carbocycles. The number of carbonyl (C=O) groups is 1. The Morgan fingerprint density at radius 2 is 2.17 bits per heavy atom. The summed E-state index contributed by atoms with van der Waals surface area (Å²) in [7, 11) is 0. The summed E-state index contributed by atoms with van der Waals surface area (Å²) in [5.74, 6) is 0.209. The standard InChI is InChI=1S/C17H19FN2O3/c18-13-5-2-1-4-12(13)14-10-19-16(23-14)7-6-15(21)20-11-17(22)8-3-9-17/h1-2,4-5,10,22H,3,6-9,11H2,(H,20,21). The van der Waals surface area contributed by atoms with E-state index in [4.69, 9.17) is 4.42 Å². The van der Waals surface area contributed by atoms with Crippen molar-refractivity contribution in [1.29, 1.82) is 0 Å². The molecule has 0 radical (unpaired) electrons. The summed E-state index contributed by atoms with van der Waals surface area (Å²) in [6.45, 7) is 0.290. The van der Waals surface area contributed by atoms with Crippen LogP contribution in [0.1, 0.15) is 31.6 Å². The molecule has 0 unspecified atom stereocenters. The van der Waals surface area contributed by atoms with Crippen molar-refractivity contribution in [2.75, 3.05) is 6.54 Å². The summed E-state index contributed by atoms with van der Waals surface area (Å²) >= 11 is 0. The Bertz CT molecular complexity index is 695. The molecule has 1 aliphatic rings. The first-order chi connectivity index (χ1) is 11.1. The average molecular weight is 318 g/mol. The molecule has 3 rings (SSSR count). The molecule has 2 aromatic rings. The molecule has 0 spiro atoms. The third-order valence-electron chi connectivity index (χ3n) is 4.16. The highest BCUT2D eigenvalue weighted by molar-refractivity contribution is 5.76. The van der Waals surface area contributed by atoms with E-state index >= 15 is 0 Å². The van der Waals surface area contributed by atoms with Gasteiger partial charge in [0.2, 0.25) is 5.91 Å². The highest BCUT2D eigenvalue weighted by Gasteiger charge is 2.34. The first-order valence-electron chi connectivity index (χ1n) is 7.74. The number of rotatable bonds is 6. The number of nitrogens with zero attached hydrogens (tertiary/aromatic N) is 1. The van der Waals surface area contributed by atoms with E-state index in [2.05, 4.69) is 10.3 Å². The summed E-state index contributed by atoms with van der Waals surface area (Å²) in [6.07, 6.45) is 4.48. The van der Waals surface area contributed by atoms with Crippen molar-refractivity contribution in [2.45, 2.75) is 37.7 Å². The highest BCUT2D eigenvalue weighted by atomic mass is 19.1. The van der Waals surface area contributed by atoms with Gasteiger partial charge in [0.15, 0.2) is 11.7 Å². The molecule has 1 fully saturated rings. The lowest BCUT2D eigenvalue weighted by molar-refractivity contribution is -0.123. The molecule has 1 aromatic carbocycles. The quantitative estimate of drug-likeness (QED) is 0.858. The van der Waals surface area contributed by atoms with Crippen LogP contribution in [0.5, 0.6) is 0 Å². The molecule has 1 amide bonds. The molecule has 2 N–H and O–H groups in total. The average Bonchev–Trinajstić information content (AvgIpc) is 2.98. The van der Waals surface area contributed by atoms with Gasteiger partial charge in [-0.2, -0.15) is 0 Å². The SMILES string of the molecule is O=C(CCc1ncc(-c2ccccc2F)o1)NCC1(O)CCC1. The highest BCUT2D eigenvalue weighted by Crippen LogP contribution is 2.30. The molecular formula is C17H19FN2O3. The second-order valence-corrected chi connectivity index (χ2v) is 5.95. The van der Waals surface area contributed by atoms with Crippen LogP contribution < -0.4 is 5.32 Å². The molecule has 0 atom stereocenters. The van der Waals surface area contributed by atoms with Gasteiger partial charge in [0.05, 0.1) is 17.4 Å². The zero-order valence-corrected chi connectivity index (χ0v) is 12.7. The normalized spacial score (nSPS) is 15.9. The topological polar surface area (TPSA) is 75.4 Å². The van der Waals surface area contributed by atoms with Gasteiger partial charge in [-0.3, -0.25) is 4.79 Å². The molecule has 0 aliphatic heterocycles. The monoisotopic (exact) mass is 318 g/mol. The molecular weight excluding hydrogens is 299 g/mol. The van der Waals surface area contributed by atoms with Crippen LogP contribution in [0.2, 0.25) is 0 Å². The minimum Gasteiger partial charge on any atom is -0.441 e. The minimum atomic E-state index is -0.726. The maximum Gasteiger partial charge on any atom is 0.220 e. The molecule has 1 aromatic heterocycles. The number of halogens is 1. The van der Waals surface area contributed by atoms with Crippen LogP contribution in [0.15, 0.2) is 34.9 Å². The van der Waals surface area contributed by atoms with Crippen LogP contribution in [-0.4, -0.2) is 28.1 Å². The van der Waals surface area contributed by atoms with Crippen LogP contribution in [0.25, 0.3) is 11.3 Å². The Balaban J connectivity index is 1.51. The Labute approximate surface area is 133 Å². The summed E-state index contributed by atoms with van der Waals surface area (Å²) in [5, 5.41) is 12.6. The fourth-order valence-electron chi connectivity index (χ4n) is 2.55. The van der Waals surface area contributed by atoms with E-state index < -0.39 is 5.60 Å². The molecule has 1 heterocycles. The Morgan fingerprint density at radius 3 is 2.87 bits per heavy atom. The number of oxazole rings is 1. The molecule has 6 heteroatoms. The van der Waals surface area contributed by atoms with Gasteiger partial charge in [0.25, 0.3) is 0 Å². The Morgan fingerprint density at radius 1 is 1.39 bits per heavy atom. The fourth-order valence-corrected chi connectivity index (χ4v) is 2.55. The van der Waals surface area contributed by atoms with Gasteiger partial charge in [0.1, 0.15) is 5.82 Å². The van der Waals surface area contributed by atoms with E-state index in [1.165, 1.54) is 12.3 Å². The number of nitrogens with one attached hydrogen (secondary N) is 1. The molecule has 23 heavy (non-hydrogen) atoms. The number of aromatic nitrogens is 1. The third-order valence-corrected chi connectivity index (χ3v) is 4.16. The van der Waals surface area contributed by atoms with Gasteiger partial charge in [0, 0.05) is 19.4 Å². The number of hydrogen-bond donors (Lipinski definition) is 2. The van der Waals surface area contributed by atoms with Crippen molar-refractivity contribution in [1.82, 2.24) is 10.3 Å². The number of carbonyl (C=O) groups excluding carboxylic acids is 1. The third kappa shape index (κ3) is 3.76. The predicted octanol–water partition coefficient (Wildman–Crippen LogP) is 2.44. The fraction of sp³-hybridized carbons (Fsp3) is 0.412. The second kappa shape index (κ2) is 6.50. The van der Waals surface area contributed by atoms with Gasteiger partial charge in [-0.05, 0) is 31.4 Å². The molecule has 1 aliphatic carbocycles. The summed E-state index contributed by atoms with van der Waals surface area (Å²) in [4.78, 5) is 15.9. The number of amides is 1. The molecule has 122 valence electrons. The number of benzene rings is 1. The van der Waals surface area contributed by atoms with E-state index in [-0.39, 0.29) is 24.7 Å². The zero-order valence-electron chi connectivity index (χ0n) is 12.7. The summed E-state index contributed by atoms with van der Waals surface area (Å²) in [6, 6.07) is 6.30. The Hall–Kier alpha value is -2.21. The van der Waals surface area contributed by atoms with Crippen LogP contribution >= 0.6 is 0 Å². The largest absolute Gasteiger partial charge is 0.441 e. The molecule has 0 saturated heterocycles. The predicted molar refractivity (Wildman–Crippen MR) is 82.0 cm³/mol. The minimum absolute atomic E-state index is 0.157. The zero-order chi connectivity index (χ0) is 16.3. The summed E-state index contributed by atoms with van der Waals surface area (Å²) in [5.41, 5.74) is -0.376.